The lowest BCUT2D eigenvalue weighted by Gasteiger charge is -2.03. The highest BCUT2D eigenvalue weighted by atomic mass is 35.5. The van der Waals surface area contributed by atoms with E-state index in [0.29, 0.717) is 22.1 Å². The van der Waals surface area contributed by atoms with Crippen molar-refractivity contribution >= 4 is 39.7 Å². The van der Waals surface area contributed by atoms with Crippen LogP contribution < -0.4 is 5.32 Å². The van der Waals surface area contributed by atoms with Crippen LogP contribution in [0.5, 0.6) is 0 Å². The van der Waals surface area contributed by atoms with Crippen molar-refractivity contribution < 1.29 is 9.72 Å². The predicted octanol–water partition coefficient (Wildman–Crippen LogP) is 4.86. The number of benzene rings is 2. The van der Waals surface area contributed by atoms with E-state index < -0.39 is 10.8 Å². The highest BCUT2D eigenvalue weighted by Gasteiger charge is 2.16. The van der Waals surface area contributed by atoms with Crippen molar-refractivity contribution in [3.8, 4) is 0 Å². The van der Waals surface area contributed by atoms with Crippen LogP contribution in [0.4, 0.5) is 10.8 Å². The smallest absolute Gasteiger partial charge is 0.273 e. The largest absolute Gasteiger partial charge is 0.298 e. The molecule has 1 heterocycles. The average Bonchev–Trinajstić information content (AvgIpc) is 3.01. The van der Waals surface area contributed by atoms with Gasteiger partial charge in [-0.25, -0.2) is 4.98 Å². The maximum absolute atomic E-state index is 12.3. The topological polar surface area (TPSA) is 85.1 Å². The fourth-order valence-electron chi connectivity index (χ4n) is 2.41. The molecule has 0 unspecified atom stereocenters. The lowest BCUT2D eigenvalue weighted by atomic mass is 10.1. The number of amides is 1. The van der Waals surface area contributed by atoms with Crippen molar-refractivity contribution in [3.05, 3.63) is 85.4 Å². The van der Waals surface area contributed by atoms with Crippen molar-refractivity contribution in [1.82, 2.24) is 4.98 Å². The van der Waals surface area contributed by atoms with Crippen LogP contribution in [0.1, 0.15) is 26.4 Å². The standard InChI is InChI=1S/C18H14ClN3O3S/c1-11-5-6-13(9-16(11)22(24)25)17(23)21-18-20-10-15(26-18)8-12-3-2-4-14(19)7-12/h2-7,9-10H,8H2,1H3,(H,20,21,23). The first-order chi connectivity index (χ1) is 12.4. The molecule has 1 N–H and O–H groups in total. The van der Waals surface area contributed by atoms with Crippen LogP contribution in [0.15, 0.2) is 48.7 Å². The first-order valence-corrected chi connectivity index (χ1v) is 8.87. The van der Waals surface area contributed by atoms with Gasteiger partial charge in [0.1, 0.15) is 0 Å². The summed E-state index contributed by atoms with van der Waals surface area (Å²) in [6, 6.07) is 11.9. The third kappa shape index (κ3) is 4.25. The number of anilines is 1. The van der Waals surface area contributed by atoms with Crippen LogP contribution >= 0.6 is 22.9 Å². The number of rotatable bonds is 5. The number of nitrogens with zero attached hydrogens (tertiary/aromatic N) is 2. The van der Waals surface area contributed by atoms with Gasteiger partial charge in [-0.2, -0.15) is 0 Å². The maximum atomic E-state index is 12.3. The Hall–Kier alpha value is -2.77. The molecule has 0 fully saturated rings. The maximum Gasteiger partial charge on any atom is 0.273 e. The number of thiazole rings is 1. The quantitative estimate of drug-likeness (QED) is 0.500. The van der Waals surface area contributed by atoms with E-state index in [2.05, 4.69) is 10.3 Å². The molecule has 1 aromatic heterocycles. The van der Waals surface area contributed by atoms with Gasteiger partial charge in [0, 0.05) is 39.7 Å². The molecule has 0 radical (unpaired) electrons. The molecule has 1 amide bonds. The summed E-state index contributed by atoms with van der Waals surface area (Å²) >= 11 is 7.33. The number of halogens is 1. The second-order valence-corrected chi connectivity index (χ2v) is 7.20. The Labute approximate surface area is 158 Å². The van der Waals surface area contributed by atoms with Gasteiger partial charge in [0.05, 0.1) is 4.92 Å². The summed E-state index contributed by atoms with van der Waals surface area (Å²) in [7, 11) is 0. The van der Waals surface area contributed by atoms with Crippen molar-refractivity contribution in [1.29, 1.82) is 0 Å². The Morgan fingerprint density at radius 1 is 1.31 bits per heavy atom. The van der Waals surface area contributed by atoms with Crippen molar-refractivity contribution in [2.45, 2.75) is 13.3 Å². The van der Waals surface area contributed by atoms with Crippen LogP contribution in [0, 0.1) is 17.0 Å². The summed E-state index contributed by atoms with van der Waals surface area (Å²) in [5, 5.41) is 14.8. The fraction of sp³-hybridized carbons (Fsp3) is 0.111. The Balaban J connectivity index is 1.72. The summed E-state index contributed by atoms with van der Waals surface area (Å²) < 4.78 is 0. The predicted molar refractivity (Wildman–Crippen MR) is 102 cm³/mol. The number of carbonyl (C=O) groups excluding carboxylic acids is 1. The van der Waals surface area contributed by atoms with Gasteiger partial charge >= 0.3 is 0 Å². The van der Waals surface area contributed by atoms with Gasteiger partial charge in [-0.15, -0.1) is 11.3 Å². The summed E-state index contributed by atoms with van der Waals surface area (Å²) in [6.07, 6.45) is 2.35. The van der Waals surface area contributed by atoms with Gasteiger partial charge in [-0.05, 0) is 30.7 Å². The highest BCUT2D eigenvalue weighted by Crippen LogP contribution is 2.24. The number of aromatic nitrogens is 1. The monoisotopic (exact) mass is 387 g/mol. The zero-order valence-corrected chi connectivity index (χ0v) is 15.3. The zero-order valence-electron chi connectivity index (χ0n) is 13.7. The lowest BCUT2D eigenvalue weighted by Crippen LogP contribution is -2.12. The van der Waals surface area contributed by atoms with Gasteiger partial charge in [0.25, 0.3) is 11.6 Å². The molecule has 132 valence electrons. The molecule has 0 saturated carbocycles. The van der Waals surface area contributed by atoms with E-state index >= 15 is 0 Å². The van der Waals surface area contributed by atoms with Crippen LogP contribution in [0.2, 0.25) is 5.02 Å². The molecule has 0 spiro atoms. The number of aryl methyl sites for hydroxylation is 1. The van der Waals surface area contributed by atoms with E-state index in [1.54, 1.807) is 25.3 Å². The minimum absolute atomic E-state index is 0.0848. The fourth-order valence-corrected chi connectivity index (χ4v) is 3.47. The highest BCUT2D eigenvalue weighted by molar-refractivity contribution is 7.15. The van der Waals surface area contributed by atoms with Crippen molar-refractivity contribution in [2.75, 3.05) is 5.32 Å². The SMILES string of the molecule is Cc1ccc(C(=O)Nc2ncc(Cc3cccc(Cl)c3)s2)cc1[N+](=O)[O-]. The molecule has 6 nitrogen and oxygen atoms in total. The number of nitro groups is 1. The van der Waals surface area contributed by atoms with Crippen LogP contribution in [-0.4, -0.2) is 15.8 Å². The number of nitrogens with one attached hydrogen (secondary N) is 1. The molecule has 0 aliphatic carbocycles. The molecule has 8 heteroatoms. The molecule has 3 rings (SSSR count). The van der Waals surface area contributed by atoms with Gasteiger partial charge < -0.3 is 0 Å². The van der Waals surface area contributed by atoms with Gasteiger partial charge in [0.2, 0.25) is 0 Å². The van der Waals surface area contributed by atoms with Gasteiger partial charge in [-0.1, -0.05) is 29.8 Å². The van der Waals surface area contributed by atoms with E-state index in [-0.39, 0.29) is 11.3 Å². The molecular formula is C18H14ClN3O3S. The molecule has 0 aliphatic heterocycles. The van der Waals surface area contributed by atoms with Crippen molar-refractivity contribution in [3.63, 3.8) is 0 Å². The molecule has 2 aromatic carbocycles. The number of nitro benzene ring substituents is 1. The van der Waals surface area contributed by atoms with Gasteiger partial charge in [-0.3, -0.25) is 20.2 Å². The molecule has 0 bridgehead atoms. The first kappa shape index (κ1) is 18.0. The zero-order chi connectivity index (χ0) is 18.7. The Morgan fingerprint density at radius 2 is 2.12 bits per heavy atom. The second kappa shape index (κ2) is 7.63. The molecule has 0 aliphatic rings. The molecule has 0 saturated heterocycles. The Kier molecular flexibility index (Phi) is 5.29. The third-order valence-electron chi connectivity index (χ3n) is 3.71. The average molecular weight is 388 g/mol. The number of carbonyl (C=O) groups is 1. The van der Waals surface area contributed by atoms with Gasteiger partial charge in [0.15, 0.2) is 5.13 Å². The van der Waals surface area contributed by atoms with E-state index in [4.69, 9.17) is 11.6 Å². The van der Waals surface area contributed by atoms with Crippen LogP contribution in [0.25, 0.3) is 0 Å². The van der Waals surface area contributed by atoms with Crippen LogP contribution in [0.3, 0.4) is 0 Å². The molecule has 0 atom stereocenters. The normalized spacial score (nSPS) is 10.5. The van der Waals surface area contributed by atoms with E-state index in [1.807, 2.05) is 24.3 Å². The summed E-state index contributed by atoms with van der Waals surface area (Å²) in [5.41, 5.74) is 1.69. The van der Waals surface area contributed by atoms with E-state index in [9.17, 15) is 14.9 Å². The first-order valence-electron chi connectivity index (χ1n) is 7.68. The lowest BCUT2D eigenvalue weighted by molar-refractivity contribution is -0.385. The molecule has 26 heavy (non-hydrogen) atoms. The molecule has 3 aromatic rings. The Bertz CT molecular complexity index is 987. The Morgan fingerprint density at radius 3 is 2.85 bits per heavy atom. The third-order valence-corrected chi connectivity index (χ3v) is 4.86. The molecular weight excluding hydrogens is 374 g/mol. The summed E-state index contributed by atoms with van der Waals surface area (Å²) in [4.78, 5) is 28.0. The minimum atomic E-state index is -0.501. The van der Waals surface area contributed by atoms with E-state index in [1.165, 1.54) is 17.4 Å². The van der Waals surface area contributed by atoms with Crippen LogP contribution in [-0.2, 0) is 6.42 Å². The minimum Gasteiger partial charge on any atom is -0.298 e. The van der Waals surface area contributed by atoms with Crippen molar-refractivity contribution in [2.24, 2.45) is 0 Å². The summed E-state index contributed by atoms with van der Waals surface area (Å²) in [6.45, 7) is 1.63. The number of hydrogen-bond donors (Lipinski definition) is 1. The second-order valence-electron chi connectivity index (χ2n) is 5.65. The van der Waals surface area contributed by atoms with E-state index in [0.717, 1.165) is 10.4 Å². The number of hydrogen-bond acceptors (Lipinski definition) is 5. The summed E-state index contributed by atoms with van der Waals surface area (Å²) in [5.74, 6) is -0.434.